The molecule has 2 heterocycles. The number of sulfonamides is 1. The maximum absolute atomic E-state index is 12.9. The number of rotatable bonds is 8. The monoisotopic (exact) mass is 462 g/mol. The molecule has 13 heteroatoms. The lowest BCUT2D eigenvalue weighted by molar-refractivity contribution is 0.102. The van der Waals surface area contributed by atoms with Gasteiger partial charge in [0.15, 0.2) is 11.5 Å². The van der Waals surface area contributed by atoms with Gasteiger partial charge < -0.3 is 15.2 Å². The smallest absolute Gasteiger partial charge is 0.262 e. The van der Waals surface area contributed by atoms with Crippen LogP contribution < -0.4 is 30.8 Å². The van der Waals surface area contributed by atoms with Crippen LogP contribution in [0.1, 0.15) is 10.4 Å². The number of carbonyl (C=O) groups is 1. The third-order valence-electron chi connectivity index (χ3n) is 4.57. The molecule has 0 saturated heterocycles. The van der Waals surface area contributed by atoms with Gasteiger partial charge in [0.25, 0.3) is 11.5 Å². The van der Waals surface area contributed by atoms with E-state index in [0.717, 1.165) is 4.57 Å². The Labute approximate surface area is 183 Å². The maximum atomic E-state index is 12.9. The number of fused-ring (bicyclic) bond motifs is 1. The highest BCUT2D eigenvalue weighted by molar-refractivity contribution is 7.89. The highest BCUT2D eigenvalue weighted by Gasteiger charge is 2.21. The molecule has 0 aliphatic rings. The standard InChI is InChI=1S/C19H22N6O6S/c1-21-32(28,29)8-7-31-15-13(20)9-12-14(16(15)30-3)23-19(25(2)18(12)27)24-17(26)11-5-4-6-22-10-11/h4-6,9-10,21H,7-8,20H2,1-3H3,(H,23,24,26). The number of aromatic nitrogens is 3. The quantitative estimate of drug-likeness (QED) is 0.393. The zero-order chi connectivity index (χ0) is 23.5. The molecular formula is C19H22N6O6S. The Bertz CT molecular complexity index is 1320. The first-order valence-electron chi connectivity index (χ1n) is 9.31. The van der Waals surface area contributed by atoms with E-state index >= 15 is 0 Å². The van der Waals surface area contributed by atoms with Gasteiger partial charge in [-0.1, -0.05) is 0 Å². The molecule has 0 aliphatic heterocycles. The van der Waals surface area contributed by atoms with Crippen molar-refractivity contribution in [1.82, 2.24) is 19.3 Å². The molecule has 2 aromatic heterocycles. The van der Waals surface area contributed by atoms with E-state index in [-0.39, 0.29) is 52.0 Å². The normalized spacial score (nSPS) is 11.3. The second-order valence-electron chi connectivity index (χ2n) is 6.59. The predicted octanol–water partition coefficient (Wildman–Crippen LogP) is 0.0996. The van der Waals surface area contributed by atoms with E-state index in [1.807, 2.05) is 0 Å². The van der Waals surface area contributed by atoms with E-state index in [2.05, 4.69) is 20.0 Å². The summed E-state index contributed by atoms with van der Waals surface area (Å²) in [4.78, 5) is 33.7. The molecule has 32 heavy (non-hydrogen) atoms. The third-order valence-corrected chi connectivity index (χ3v) is 5.90. The van der Waals surface area contributed by atoms with Crippen LogP contribution in [0, 0.1) is 0 Å². The number of hydrogen-bond acceptors (Lipinski definition) is 9. The van der Waals surface area contributed by atoms with Crippen LogP contribution in [0.2, 0.25) is 0 Å². The number of benzene rings is 1. The lowest BCUT2D eigenvalue weighted by Gasteiger charge is -2.17. The number of carbonyl (C=O) groups excluding carboxylic acids is 1. The Balaban J connectivity index is 2.05. The van der Waals surface area contributed by atoms with Gasteiger partial charge >= 0.3 is 0 Å². The molecule has 0 unspecified atom stereocenters. The minimum absolute atomic E-state index is 0.0384. The number of pyridine rings is 1. The van der Waals surface area contributed by atoms with Crippen molar-refractivity contribution < 1.29 is 22.7 Å². The molecule has 12 nitrogen and oxygen atoms in total. The summed E-state index contributed by atoms with van der Waals surface area (Å²) >= 11 is 0. The predicted molar refractivity (Wildman–Crippen MR) is 118 cm³/mol. The zero-order valence-corrected chi connectivity index (χ0v) is 18.4. The Morgan fingerprint density at radius 2 is 2.06 bits per heavy atom. The molecule has 0 fully saturated rings. The van der Waals surface area contributed by atoms with E-state index in [0.29, 0.717) is 0 Å². The molecule has 0 radical (unpaired) electrons. The molecule has 1 aromatic carbocycles. The van der Waals surface area contributed by atoms with Gasteiger partial charge in [-0.25, -0.2) is 18.1 Å². The lowest BCUT2D eigenvalue weighted by Crippen LogP contribution is -2.26. The molecule has 170 valence electrons. The minimum Gasteiger partial charge on any atom is -0.491 e. The number of ether oxygens (including phenoxy) is 2. The zero-order valence-electron chi connectivity index (χ0n) is 17.6. The van der Waals surface area contributed by atoms with E-state index < -0.39 is 21.5 Å². The minimum atomic E-state index is -3.50. The molecule has 1 amide bonds. The van der Waals surface area contributed by atoms with Gasteiger partial charge in [-0.05, 0) is 25.2 Å². The number of hydrogen-bond donors (Lipinski definition) is 3. The Morgan fingerprint density at radius 3 is 2.69 bits per heavy atom. The Kier molecular flexibility index (Phi) is 6.60. The summed E-state index contributed by atoms with van der Waals surface area (Å²) in [7, 11) is 0.571. The van der Waals surface area contributed by atoms with Crippen LogP contribution in [0.25, 0.3) is 10.9 Å². The van der Waals surface area contributed by atoms with Crippen molar-refractivity contribution in [3.05, 3.63) is 46.5 Å². The molecule has 0 atom stereocenters. The summed E-state index contributed by atoms with van der Waals surface area (Å²) < 4.78 is 37.5. The summed E-state index contributed by atoms with van der Waals surface area (Å²) in [6.45, 7) is -0.218. The van der Waals surface area contributed by atoms with Crippen molar-refractivity contribution in [3.63, 3.8) is 0 Å². The maximum Gasteiger partial charge on any atom is 0.262 e. The van der Waals surface area contributed by atoms with E-state index in [1.165, 1.54) is 39.7 Å². The number of amides is 1. The van der Waals surface area contributed by atoms with Gasteiger partial charge in [-0.2, -0.15) is 0 Å². The summed E-state index contributed by atoms with van der Waals surface area (Å²) in [6, 6.07) is 4.53. The van der Waals surface area contributed by atoms with Crippen molar-refractivity contribution in [2.24, 2.45) is 7.05 Å². The Morgan fingerprint density at radius 1 is 1.31 bits per heavy atom. The van der Waals surface area contributed by atoms with Crippen LogP contribution in [-0.4, -0.2) is 55.4 Å². The van der Waals surface area contributed by atoms with Gasteiger partial charge in [0.05, 0.1) is 29.5 Å². The molecular weight excluding hydrogens is 440 g/mol. The van der Waals surface area contributed by atoms with E-state index in [4.69, 9.17) is 15.2 Å². The molecule has 0 saturated carbocycles. The van der Waals surface area contributed by atoms with Gasteiger partial charge in [-0.15, -0.1) is 0 Å². The van der Waals surface area contributed by atoms with Crippen molar-refractivity contribution >= 4 is 38.5 Å². The molecule has 4 N–H and O–H groups in total. The average Bonchev–Trinajstić information content (AvgIpc) is 2.78. The van der Waals surface area contributed by atoms with Crippen LogP contribution in [-0.2, 0) is 17.1 Å². The molecule has 0 spiro atoms. The van der Waals surface area contributed by atoms with E-state index in [1.54, 1.807) is 12.1 Å². The summed E-state index contributed by atoms with van der Waals surface area (Å²) in [5.41, 5.74) is 6.00. The van der Waals surface area contributed by atoms with Crippen LogP contribution in [0.15, 0.2) is 35.4 Å². The van der Waals surface area contributed by atoms with Crippen molar-refractivity contribution in [2.45, 2.75) is 0 Å². The first kappa shape index (κ1) is 23.0. The summed E-state index contributed by atoms with van der Waals surface area (Å²) in [6.07, 6.45) is 2.90. The first-order valence-corrected chi connectivity index (χ1v) is 11.0. The largest absolute Gasteiger partial charge is 0.491 e. The second kappa shape index (κ2) is 9.20. The van der Waals surface area contributed by atoms with Crippen LogP contribution in [0.4, 0.5) is 11.6 Å². The van der Waals surface area contributed by atoms with Gasteiger partial charge in [0, 0.05) is 19.4 Å². The summed E-state index contributed by atoms with van der Waals surface area (Å²) in [5, 5.41) is 2.71. The molecule has 3 rings (SSSR count). The van der Waals surface area contributed by atoms with Crippen LogP contribution in [0.5, 0.6) is 11.5 Å². The summed E-state index contributed by atoms with van der Waals surface area (Å²) in [5.74, 6) is -0.792. The number of nitrogens with one attached hydrogen (secondary N) is 2. The van der Waals surface area contributed by atoms with Crippen LogP contribution >= 0.6 is 0 Å². The van der Waals surface area contributed by atoms with Crippen molar-refractivity contribution in [1.29, 1.82) is 0 Å². The fourth-order valence-electron chi connectivity index (χ4n) is 2.86. The molecule has 0 bridgehead atoms. The number of nitrogens with zero attached hydrogens (tertiary/aromatic N) is 3. The Hall–Kier alpha value is -3.71. The van der Waals surface area contributed by atoms with Gasteiger partial charge in [-0.3, -0.25) is 24.5 Å². The number of nitrogen functional groups attached to an aromatic ring is 1. The molecule has 3 aromatic rings. The number of anilines is 2. The van der Waals surface area contributed by atoms with Crippen molar-refractivity contribution in [2.75, 3.05) is 37.6 Å². The van der Waals surface area contributed by atoms with E-state index in [9.17, 15) is 18.0 Å². The van der Waals surface area contributed by atoms with Gasteiger partial charge in [0.2, 0.25) is 16.0 Å². The number of methoxy groups -OCH3 is 1. The van der Waals surface area contributed by atoms with Crippen molar-refractivity contribution in [3.8, 4) is 11.5 Å². The fourth-order valence-corrected chi connectivity index (χ4v) is 3.37. The third kappa shape index (κ3) is 4.63. The number of nitrogens with two attached hydrogens (primary N) is 1. The second-order valence-corrected chi connectivity index (χ2v) is 8.64. The van der Waals surface area contributed by atoms with Crippen LogP contribution in [0.3, 0.4) is 0 Å². The topological polar surface area (TPSA) is 168 Å². The van der Waals surface area contributed by atoms with Gasteiger partial charge in [0.1, 0.15) is 12.1 Å². The lowest BCUT2D eigenvalue weighted by atomic mass is 10.2. The fraction of sp³-hybridized carbons (Fsp3) is 0.263. The highest BCUT2D eigenvalue weighted by atomic mass is 32.2. The first-order chi connectivity index (χ1) is 15.2. The highest BCUT2D eigenvalue weighted by Crippen LogP contribution is 2.39. The SMILES string of the molecule is CNS(=O)(=O)CCOc1c(N)cc2c(=O)n(C)c(NC(=O)c3cccnc3)nc2c1OC. The average molecular weight is 462 g/mol. The molecule has 0 aliphatic carbocycles.